The van der Waals surface area contributed by atoms with E-state index in [2.05, 4.69) is 41.9 Å². The Bertz CT molecular complexity index is 562. The Morgan fingerprint density at radius 2 is 1.80 bits per heavy atom. The smallest absolute Gasteiger partial charge is 0.451 e. The molecule has 20 heavy (non-hydrogen) atoms. The van der Waals surface area contributed by atoms with E-state index in [0.29, 0.717) is 22.7 Å². The molecule has 0 amide bonds. The minimum atomic E-state index is -4.68. The van der Waals surface area contributed by atoms with Crippen molar-refractivity contribution >= 4 is 37.5 Å². The maximum absolute atomic E-state index is 12.0. The van der Waals surface area contributed by atoms with Gasteiger partial charge in [-0.15, -0.1) is 13.2 Å². The number of hydrogen-bond acceptors (Lipinski definition) is 3. The van der Waals surface area contributed by atoms with Gasteiger partial charge in [-0.3, -0.25) is 0 Å². The van der Waals surface area contributed by atoms with Gasteiger partial charge in [0.1, 0.15) is 11.5 Å². The van der Waals surface area contributed by atoms with Crippen LogP contribution in [0.2, 0.25) is 0 Å². The van der Waals surface area contributed by atoms with Gasteiger partial charge in [0.15, 0.2) is 4.67 Å². The third kappa shape index (κ3) is 4.45. The summed E-state index contributed by atoms with van der Waals surface area (Å²) in [5.41, 5.74) is 0.656. The predicted molar refractivity (Wildman–Crippen MR) is 74.6 cm³/mol. The Morgan fingerprint density at radius 1 is 1.15 bits per heavy atom. The number of furan rings is 1. The van der Waals surface area contributed by atoms with Crippen LogP contribution in [-0.4, -0.2) is 6.36 Å². The lowest BCUT2D eigenvalue weighted by Gasteiger charge is -2.09. The molecule has 0 radical (unpaired) electrons. The molecular formula is C12H8Br2F3NO2. The van der Waals surface area contributed by atoms with Crippen LogP contribution >= 0.6 is 31.9 Å². The average Bonchev–Trinajstić information content (AvgIpc) is 2.66. The van der Waals surface area contributed by atoms with E-state index in [9.17, 15) is 13.2 Å². The molecule has 0 spiro atoms. The van der Waals surface area contributed by atoms with Crippen molar-refractivity contribution in [2.45, 2.75) is 12.9 Å². The standard InChI is InChI=1S/C12H8Br2F3NO2/c13-10-5-9(19-11(10)14)6-18-7-1-3-8(4-2-7)20-12(15,16)17/h1-5,18H,6H2. The molecule has 108 valence electrons. The van der Waals surface area contributed by atoms with Crippen LogP contribution in [0.4, 0.5) is 18.9 Å². The van der Waals surface area contributed by atoms with Gasteiger partial charge < -0.3 is 14.5 Å². The second-order valence-electron chi connectivity index (χ2n) is 3.76. The zero-order valence-corrected chi connectivity index (χ0v) is 13.0. The maximum Gasteiger partial charge on any atom is 0.573 e. The summed E-state index contributed by atoms with van der Waals surface area (Å²) in [7, 11) is 0. The molecule has 0 aliphatic heterocycles. The van der Waals surface area contributed by atoms with Crippen LogP contribution in [0.3, 0.4) is 0 Å². The van der Waals surface area contributed by atoms with Gasteiger partial charge in [0, 0.05) is 5.69 Å². The van der Waals surface area contributed by atoms with E-state index < -0.39 is 6.36 Å². The van der Waals surface area contributed by atoms with Crippen molar-refractivity contribution in [1.29, 1.82) is 0 Å². The second kappa shape index (κ2) is 6.09. The van der Waals surface area contributed by atoms with Gasteiger partial charge in [0.2, 0.25) is 0 Å². The maximum atomic E-state index is 12.0. The van der Waals surface area contributed by atoms with Crippen molar-refractivity contribution in [2.75, 3.05) is 5.32 Å². The molecule has 0 aliphatic rings. The van der Waals surface area contributed by atoms with Gasteiger partial charge in [-0.1, -0.05) is 0 Å². The predicted octanol–water partition coefficient (Wildman–Crippen LogP) is 5.32. The quantitative estimate of drug-likeness (QED) is 0.735. The Morgan fingerprint density at radius 3 is 2.30 bits per heavy atom. The molecule has 2 aromatic rings. The molecular weight excluding hydrogens is 407 g/mol. The Hall–Kier alpha value is -1.15. The molecule has 1 aromatic carbocycles. The van der Waals surface area contributed by atoms with E-state index in [0.717, 1.165) is 4.47 Å². The summed E-state index contributed by atoms with van der Waals surface area (Å²) in [6.45, 7) is 0.406. The normalized spacial score (nSPS) is 11.4. The molecule has 1 aromatic heterocycles. The third-order valence-corrected chi connectivity index (χ3v) is 3.96. The van der Waals surface area contributed by atoms with Gasteiger partial charge in [0.05, 0.1) is 11.0 Å². The minimum absolute atomic E-state index is 0.258. The van der Waals surface area contributed by atoms with Gasteiger partial charge >= 0.3 is 6.36 Å². The first-order valence-corrected chi connectivity index (χ1v) is 6.95. The summed E-state index contributed by atoms with van der Waals surface area (Å²) in [6, 6.07) is 7.26. The Kier molecular flexibility index (Phi) is 4.64. The van der Waals surface area contributed by atoms with E-state index in [4.69, 9.17) is 4.42 Å². The Labute approximate surface area is 129 Å². The fourth-order valence-electron chi connectivity index (χ4n) is 1.44. The highest BCUT2D eigenvalue weighted by Crippen LogP contribution is 2.28. The molecule has 0 unspecified atom stereocenters. The van der Waals surface area contributed by atoms with Gasteiger partial charge in [-0.25, -0.2) is 0 Å². The summed E-state index contributed by atoms with van der Waals surface area (Å²) < 4.78 is 46.5. The van der Waals surface area contributed by atoms with Crippen molar-refractivity contribution < 1.29 is 22.3 Å². The van der Waals surface area contributed by atoms with E-state index in [1.807, 2.05) is 0 Å². The molecule has 3 nitrogen and oxygen atoms in total. The molecule has 0 aliphatic carbocycles. The lowest BCUT2D eigenvalue weighted by molar-refractivity contribution is -0.274. The van der Waals surface area contributed by atoms with Crippen molar-refractivity contribution in [3.8, 4) is 5.75 Å². The molecule has 0 saturated carbocycles. The van der Waals surface area contributed by atoms with E-state index in [1.165, 1.54) is 24.3 Å². The highest BCUT2D eigenvalue weighted by atomic mass is 79.9. The van der Waals surface area contributed by atoms with Crippen LogP contribution in [-0.2, 0) is 6.54 Å². The van der Waals surface area contributed by atoms with Crippen molar-refractivity contribution in [3.05, 3.63) is 45.2 Å². The number of anilines is 1. The molecule has 0 fully saturated rings. The van der Waals surface area contributed by atoms with Crippen LogP contribution in [0.1, 0.15) is 5.76 Å². The summed E-state index contributed by atoms with van der Waals surface area (Å²) in [5.74, 6) is 0.422. The molecule has 0 saturated heterocycles. The van der Waals surface area contributed by atoms with Crippen LogP contribution < -0.4 is 10.1 Å². The number of alkyl halides is 3. The van der Waals surface area contributed by atoms with Gasteiger partial charge in [0.25, 0.3) is 0 Å². The minimum Gasteiger partial charge on any atom is -0.451 e. The zero-order chi connectivity index (χ0) is 14.8. The lowest BCUT2D eigenvalue weighted by Crippen LogP contribution is -2.17. The monoisotopic (exact) mass is 413 g/mol. The van der Waals surface area contributed by atoms with Crippen LogP contribution in [0.5, 0.6) is 5.75 Å². The highest BCUT2D eigenvalue weighted by molar-refractivity contribution is 9.13. The topological polar surface area (TPSA) is 34.4 Å². The van der Waals surface area contributed by atoms with Gasteiger partial charge in [-0.2, -0.15) is 0 Å². The average molecular weight is 415 g/mol. The summed E-state index contributed by atoms with van der Waals surface area (Å²) in [6.07, 6.45) is -4.68. The van der Waals surface area contributed by atoms with Crippen molar-refractivity contribution in [1.82, 2.24) is 0 Å². The SMILES string of the molecule is FC(F)(F)Oc1ccc(NCc2cc(Br)c(Br)o2)cc1. The van der Waals surface area contributed by atoms with Crippen LogP contribution in [0.25, 0.3) is 0 Å². The molecule has 8 heteroatoms. The first-order chi connectivity index (χ1) is 9.33. The summed E-state index contributed by atoms with van der Waals surface area (Å²) in [4.78, 5) is 0. The molecule has 1 heterocycles. The largest absolute Gasteiger partial charge is 0.573 e. The fraction of sp³-hybridized carbons (Fsp3) is 0.167. The zero-order valence-electron chi connectivity index (χ0n) is 9.80. The van der Waals surface area contributed by atoms with Gasteiger partial charge in [-0.05, 0) is 62.2 Å². The van der Waals surface area contributed by atoms with Crippen LogP contribution in [0, 0.1) is 0 Å². The summed E-state index contributed by atoms with van der Waals surface area (Å²) >= 11 is 6.50. The first kappa shape index (κ1) is 15.2. The fourth-order valence-corrected chi connectivity index (χ4v) is 2.10. The van der Waals surface area contributed by atoms with Crippen LogP contribution in [0.15, 0.2) is 43.9 Å². The number of rotatable bonds is 4. The number of nitrogens with one attached hydrogen (secondary N) is 1. The first-order valence-electron chi connectivity index (χ1n) is 5.37. The molecule has 1 N–H and O–H groups in total. The second-order valence-corrected chi connectivity index (χ2v) is 5.33. The number of halogens is 5. The lowest BCUT2D eigenvalue weighted by atomic mass is 10.3. The molecule has 2 rings (SSSR count). The highest BCUT2D eigenvalue weighted by Gasteiger charge is 2.30. The molecule has 0 atom stereocenters. The van der Waals surface area contributed by atoms with E-state index >= 15 is 0 Å². The molecule has 0 bridgehead atoms. The third-order valence-electron chi connectivity index (χ3n) is 2.25. The number of ether oxygens (including phenoxy) is 1. The number of hydrogen-bond donors (Lipinski definition) is 1. The number of benzene rings is 1. The van der Waals surface area contributed by atoms with E-state index in [-0.39, 0.29) is 5.75 Å². The van der Waals surface area contributed by atoms with Crippen molar-refractivity contribution in [2.24, 2.45) is 0 Å². The Balaban J connectivity index is 1.94. The van der Waals surface area contributed by atoms with Crippen molar-refractivity contribution in [3.63, 3.8) is 0 Å². The summed E-state index contributed by atoms with van der Waals surface area (Å²) in [5, 5.41) is 3.02. The van der Waals surface area contributed by atoms with E-state index in [1.54, 1.807) is 6.07 Å².